The molecule has 0 unspecified atom stereocenters. The van der Waals surface area contributed by atoms with Gasteiger partial charge in [0.1, 0.15) is 10.4 Å². The summed E-state index contributed by atoms with van der Waals surface area (Å²) in [7, 11) is 0. The predicted molar refractivity (Wildman–Crippen MR) is 56.7 cm³/mol. The van der Waals surface area contributed by atoms with Crippen LogP contribution in [0.3, 0.4) is 0 Å². The molecule has 0 aliphatic carbocycles. The van der Waals surface area contributed by atoms with Crippen LogP contribution in [-0.4, -0.2) is 9.97 Å². The summed E-state index contributed by atoms with van der Waals surface area (Å²) in [5.41, 5.74) is 2.20. The first-order chi connectivity index (χ1) is 6.18. The minimum atomic E-state index is 0.796. The predicted octanol–water partition coefficient (Wildman–Crippen LogP) is 3.01. The topological polar surface area (TPSA) is 25.8 Å². The Labute approximate surface area is 85.1 Å². The summed E-state index contributed by atoms with van der Waals surface area (Å²) in [4.78, 5) is 8.62. The second kappa shape index (κ2) is 3.07. The van der Waals surface area contributed by atoms with E-state index in [1.807, 2.05) is 19.1 Å². The Morgan fingerprint density at radius 2 is 1.92 bits per heavy atom. The minimum Gasteiger partial charge on any atom is -0.233 e. The number of benzene rings is 1. The molecule has 0 saturated heterocycles. The van der Waals surface area contributed by atoms with Gasteiger partial charge in [-0.25, -0.2) is 9.97 Å². The maximum atomic E-state index is 4.36. The van der Waals surface area contributed by atoms with Crippen molar-refractivity contribution in [1.29, 1.82) is 0 Å². The van der Waals surface area contributed by atoms with Crippen molar-refractivity contribution in [2.24, 2.45) is 0 Å². The van der Waals surface area contributed by atoms with E-state index in [9.17, 15) is 0 Å². The molecule has 0 radical (unpaired) electrons. The minimum absolute atomic E-state index is 0.796. The second-order valence-electron chi connectivity index (χ2n) is 3.03. The first kappa shape index (κ1) is 8.63. The van der Waals surface area contributed by atoms with Crippen LogP contribution in [0.25, 0.3) is 10.9 Å². The fourth-order valence-electron chi connectivity index (χ4n) is 1.41. The molecular formula is C10H9BrN2. The molecule has 2 nitrogen and oxygen atoms in total. The smallest absolute Gasteiger partial charge is 0.127 e. The standard InChI is InChI=1S/C10H9BrN2/c1-6-4-3-5-8-9(6)10(11)13-7(2)12-8/h3-5H,1-2H3. The van der Waals surface area contributed by atoms with Crippen LogP contribution in [-0.2, 0) is 0 Å². The van der Waals surface area contributed by atoms with Crippen LogP contribution >= 0.6 is 15.9 Å². The first-order valence-corrected chi connectivity index (χ1v) is 4.87. The molecule has 1 aromatic carbocycles. The summed E-state index contributed by atoms with van der Waals surface area (Å²) >= 11 is 3.45. The zero-order chi connectivity index (χ0) is 9.42. The highest BCUT2D eigenvalue weighted by Crippen LogP contribution is 2.23. The lowest BCUT2D eigenvalue weighted by Crippen LogP contribution is -1.91. The van der Waals surface area contributed by atoms with E-state index >= 15 is 0 Å². The molecule has 0 bridgehead atoms. The van der Waals surface area contributed by atoms with E-state index in [2.05, 4.69) is 38.9 Å². The first-order valence-electron chi connectivity index (χ1n) is 4.08. The Kier molecular flexibility index (Phi) is 2.04. The number of rotatable bonds is 0. The zero-order valence-corrected chi connectivity index (χ0v) is 9.09. The van der Waals surface area contributed by atoms with Gasteiger partial charge in [-0.1, -0.05) is 12.1 Å². The Morgan fingerprint density at radius 1 is 1.15 bits per heavy atom. The molecule has 2 aromatic rings. The van der Waals surface area contributed by atoms with Gasteiger partial charge >= 0.3 is 0 Å². The fourth-order valence-corrected chi connectivity index (χ4v) is 2.18. The molecular weight excluding hydrogens is 228 g/mol. The SMILES string of the molecule is Cc1nc(Br)c2c(C)cccc2n1. The summed E-state index contributed by atoms with van der Waals surface area (Å²) in [6, 6.07) is 6.07. The fraction of sp³-hybridized carbons (Fsp3) is 0.200. The van der Waals surface area contributed by atoms with Crippen molar-refractivity contribution >= 4 is 26.8 Å². The highest BCUT2D eigenvalue weighted by atomic mass is 79.9. The third kappa shape index (κ3) is 1.44. The monoisotopic (exact) mass is 236 g/mol. The Balaban J connectivity index is 2.94. The van der Waals surface area contributed by atoms with Gasteiger partial charge in [0.2, 0.25) is 0 Å². The van der Waals surface area contributed by atoms with Crippen LogP contribution in [0.5, 0.6) is 0 Å². The summed E-state index contributed by atoms with van der Waals surface area (Å²) < 4.78 is 0.882. The van der Waals surface area contributed by atoms with Crippen LogP contribution in [0.2, 0.25) is 0 Å². The van der Waals surface area contributed by atoms with E-state index in [1.165, 1.54) is 5.56 Å². The Hall–Kier alpha value is -0.960. The lowest BCUT2D eigenvalue weighted by atomic mass is 10.1. The van der Waals surface area contributed by atoms with Crippen molar-refractivity contribution in [1.82, 2.24) is 9.97 Å². The van der Waals surface area contributed by atoms with E-state index in [-0.39, 0.29) is 0 Å². The lowest BCUT2D eigenvalue weighted by Gasteiger charge is -2.03. The second-order valence-corrected chi connectivity index (χ2v) is 3.78. The number of halogens is 1. The van der Waals surface area contributed by atoms with Crippen LogP contribution < -0.4 is 0 Å². The molecule has 1 aromatic heterocycles. The number of nitrogens with zero attached hydrogens (tertiary/aromatic N) is 2. The quantitative estimate of drug-likeness (QED) is 0.658. The van der Waals surface area contributed by atoms with Gasteiger partial charge in [0.05, 0.1) is 5.52 Å². The molecule has 0 atom stereocenters. The van der Waals surface area contributed by atoms with Gasteiger partial charge in [0.25, 0.3) is 0 Å². The maximum Gasteiger partial charge on any atom is 0.127 e. The van der Waals surface area contributed by atoms with Gasteiger partial charge in [-0.3, -0.25) is 0 Å². The van der Waals surface area contributed by atoms with Gasteiger partial charge in [0.15, 0.2) is 0 Å². The molecule has 3 heteroatoms. The molecule has 0 N–H and O–H groups in total. The molecule has 0 aliphatic rings. The van der Waals surface area contributed by atoms with Gasteiger partial charge in [-0.2, -0.15) is 0 Å². The zero-order valence-electron chi connectivity index (χ0n) is 7.50. The number of hydrogen-bond acceptors (Lipinski definition) is 2. The van der Waals surface area contributed by atoms with Gasteiger partial charge in [-0.15, -0.1) is 0 Å². The summed E-state index contributed by atoms with van der Waals surface area (Å²) in [6.45, 7) is 3.96. The van der Waals surface area contributed by atoms with Crippen LogP contribution in [0.1, 0.15) is 11.4 Å². The summed E-state index contributed by atoms with van der Waals surface area (Å²) in [5.74, 6) is 0.796. The molecule has 0 spiro atoms. The van der Waals surface area contributed by atoms with E-state index in [0.717, 1.165) is 21.3 Å². The molecule has 0 aliphatic heterocycles. The number of aromatic nitrogens is 2. The Bertz CT molecular complexity index is 466. The van der Waals surface area contributed by atoms with E-state index in [1.54, 1.807) is 0 Å². The van der Waals surface area contributed by atoms with Gasteiger partial charge < -0.3 is 0 Å². The third-order valence-electron chi connectivity index (χ3n) is 2.00. The normalized spacial score (nSPS) is 10.7. The van der Waals surface area contributed by atoms with Crippen LogP contribution in [0.15, 0.2) is 22.8 Å². The van der Waals surface area contributed by atoms with Crippen molar-refractivity contribution in [3.63, 3.8) is 0 Å². The number of fused-ring (bicyclic) bond motifs is 1. The summed E-state index contributed by atoms with van der Waals surface area (Å²) in [5, 5.41) is 1.10. The average Bonchev–Trinajstić information content (AvgIpc) is 2.02. The number of hydrogen-bond donors (Lipinski definition) is 0. The largest absolute Gasteiger partial charge is 0.233 e. The average molecular weight is 237 g/mol. The molecule has 0 fully saturated rings. The van der Waals surface area contributed by atoms with E-state index < -0.39 is 0 Å². The van der Waals surface area contributed by atoms with Gasteiger partial charge in [-0.05, 0) is 41.4 Å². The number of aryl methyl sites for hydroxylation is 2. The molecule has 13 heavy (non-hydrogen) atoms. The van der Waals surface area contributed by atoms with Gasteiger partial charge in [0, 0.05) is 5.39 Å². The van der Waals surface area contributed by atoms with Crippen LogP contribution in [0.4, 0.5) is 0 Å². The summed E-state index contributed by atoms with van der Waals surface area (Å²) in [6.07, 6.45) is 0. The van der Waals surface area contributed by atoms with Crippen molar-refractivity contribution in [3.8, 4) is 0 Å². The molecule has 0 saturated carbocycles. The van der Waals surface area contributed by atoms with Crippen molar-refractivity contribution in [3.05, 3.63) is 34.2 Å². The highest BCUT2D eigenvalue weighted by Gasteiger charge is 2.04. The van der Waals surface area contributed by atoms with Crippen molar-refractivity contribution in [2.45, 2.75) is 13.8 Å². The molecule has 2 rings (SSSR count). The van der Waals surface area contributed by atoms with E-state index in [4.69, 9.17) is 0 Å². The van der Waals surface area contributed by atoms with Crippen molar-refractivity contribution < 1.29 is 0 Å². The van der Waals surface area contributed by atoms with Crippen molar-refractivity contribution in [2.75, 3.05) is 0 Å². The third-order valence-corrected chi connectivity index (χ3v) is 2.57. The molecule has 0 amide bonds. The maximum absolute atomic E-state index is 4.36. The highest BCUT2D eigenvalue weighted by molar-refractivity contribution is 9.10. The molecule has 66 valence electrons. The van der Waals surface area contributed by atoms with E-state index in [0.29, 0.717) is 0 Å². The van der Waals surface area contributed by atoms with Crippen LogP contribution in [0, 0.1) is 13.8 Å². The Morgan fingerprint density at radius 3 is 2.69 bits per heavy atom. The molecule has 1 heterocycles. The lowest BCUT2D eigenvalue weighted by molar-refractivity contribution is 1.07.